The molecule has 0 spiro atoms. The molecule has 2 heterocycles. The summed E-state index contributed by atoms with van der Waals surface area (Å²) < 4.78 is 44.4. The summed E-state index contributed by atoms with van der Waals surface area (Å²) in [4.78, 5) is 25.5. The van der Waals surface area contributed by atoms with E-state index in [1.54, 1.807) is 19.0 Å². The summed E-state index contributed by atoms with van der Waals surface area (Å²) in [5, 5.41) is 16.5. The van der Waals surface area contributed by atoms with Gasteiger partial charge in [0.2, 0.25) is 0 Å². The standard InChI is InChI=1S/C8H14N4O.C8H13N3O2/c1-11(2)5-6-4-7(8(9)13)12(3)10-6;1-10(2)5-6-4-7(8(12)13)11(3)9-6/h4H,5H2,1-3H3,(H2,9,13);4H,5H2,1-3H3,(H,12,13)/i2*3D3. The molecule has 0 bridgehead atoms. The average molecular weight is 371 g/mol. The minimum atomic E-state index is -2.57. The van der Waals surface area contributed by atoms with Crippen molar-refractivity contribution >= 4 is 11.9 Å². The van der Waals surface area contributed by atoms with E-state index in [4.69, 9.17) is 19.1 Å². The monoisotopic (exact) mass is 371 g/mol. The highest BCUT2D eigenvalue weighted by Gasteiger charge is 2.11. The fourth-order valence-electron chi connectivity index (χ4n) is 1.99. The molecule has 0 aliphatic rings. The largest absolute Gasteiger partial charge is 0.477 e. The van der Waals surface area contributed by atoms with E-state index in [9.17, 15) is 9.59 Å². The zero-order chi connectivity index (χ0) is 25.0. The summed E-state index contributed by atoms with van der Waals surface area (Å²) in [6.45, 7) is -4.22. The highest BCUT2D eigenvalue weighted by atomic mass is 16.4. The molecule has 2 aromatic rings. The second-order valence-electron chi connectivity index (χ2n) is 6.01. The van der Waals surface area contributed by atoms with Gasteiger partial charge in [0.1, 0.15) is 11.4 Å². The predicted molar refractivity (Wildman–Crippen MR) is 96.7 cm³/mol. The normalized spacial score (nSPS) is 15.2. The molecule has 0 aliphatic carbocycles. The van der Waals surface area contributed by atoms with Crippen LogP contribution in [0.5, 0.6) is 0 Å². The Morgan fingerprint density at radius 3 is 1.73 bits per heavy atom. The second kappa shape index (κ2) is 9.11. The van der Waals surface area contributed by atoms with Gasteiger partial charge in [-0.3, -0.25) is 14.2 Å². The topological polar surface area (TPSA) is 123 Å². The first-order valence-corrected chi connectivity index (χ1v) is 7.45. The number of carboxylic acid groups (broad SMARTS) is 1. The zero-order valence-corrected chi connectivity index (χ0v) is 15.1. The molecule has 0 radical (unpaired) electrons. The summed E-state index contributed by atoms with van der Waals surface area (Å²) in [6.07, 6.45) is 0. The van der Waals surface area contributed by atoms with Crippen molar-refractivity contribution in [3.05, 3.63) is 34.9 Å². The smallest absolute Gasteiger partial charge is 0.354 e. The molecule has 144 valence electrons. The molecule has 0 aromatic carbocycles. The van der Waals surface area contributed by atoms with Crippen molar-refractivity contribution < 1.29 is 22.9 Å². The Hall–Kier alpha value is -2.72. The van der Waals surface area contributed by atoms with Gasteiger partial charge in [0.05, 0.1) is 11.4 Å². The summed E-state index contributed by atoms with van der Waals surface area (Å²) in [7, 11) is 7.21. The molecule has 0 atom stereocenters. The van der Waals surface area contributed by atoms with Crippen LogP contribution in [0, 0.1) is 0 Å². The number of carbonyl (C=O) groups is 2. The first kappa shape index (κ1) is 13.5. The van der Waals surface area contributed by atoms with E-state index < -0.39 is 25.8 Å². The summed E-state index contributed by atoms with van der Waals surface area (Å²) >= 11 is 0. The van der Waals surface area contributed by atoms with E-state index in [1.165, 1.54) is 12.1 Å². The molecule has 10 nitrogen and oxygen atoms in total. The van der Waals surface area contributed by atoms with E-state index in [2.05, 4.69) is 10.2 Å². The molecule has 10 heteroatoms. The first-order chi connectivity index (χ1) is 14.4. The number of carboxylic acids is 1. The quantitative estimate of drug-likeness (QED) is 0.718. The van der Waals surface area contributed by atoms with E-state index in [0.717, 1.165) is 0 Å². The lowest BCUT2D eigenvalue weighted by Crippen LogP contribution is -2.15. The number of hydrogen-bond donors (Lipinski definition) is 2. The molecule has 1 amide bonds. The highest BCUT2D eigenvalue weighted by Crippen LogP contribution is 2.05. The number of aromatic carboxylic acids is 1. The molecule has 0 saturated carbocycles. The van der Waals surface area contributed by atoms with Gasteiger partial charge in [-0.05, 0) is 40.3 Å². The number of nitrogens with two attached hydrogens (primary N) is 1. The van der Waals surface area contributed by atoms with Crippen LogP contribution in [-0.2, 0) is 27.0 Å². The minimum absolute atomic E-state index is 0.100. The van der Waals surface area contributed by atoms with Gasteiger partial charge in [-0.1, -0.05) is 0 Å². The Morgan fingerprint density at radius 1 is 1.04 bits per heavy atom. The number of aromatic nitrogens is 4. The summed E-state index contributed by atoms with van der Waals surface area (Å²) in [5.74, 6) is -2.10. The van der Waals surface area contributed by atoms with Crippen molar-refractivity contribution in [2.75, 3.05) is 28.2 Å². The van der Waals surface area contributed by atoms with Gasteiger partial charge in [0.15, 0.2) is 0 Å². The molecule has 0 aliphatic heterocycles. The number of hydrogen-bond acceptors (Lipinski definition) is 6. The van der Waals surface area contributed by atoms with Crippen molar-refractivity contribution in [2.45, 2.75) is 13.1 Å². The number of rotatable bonds is 6. The predicted octanol–water partition coefficient (Wildman–Crippen LogP) is -0.239. The lowest BCUT2D eigenvalue weighted by atomic mass is 10.3. The van der Waals surface area contributed by atoms with Crippen LogP contribution in [0.2, 0.25) is 0 Å². The molecular weight excluding hydrogens is 338 g/mol. The number of aryl methyl sites for hydroxylation is 2. The molecule has 0 saturated heterocycles. The minimum Gasteiger partial charge on any atom is -0.477 e. The first-order valence-electron chi connectivity index (χ1n) is 10.4. The molecule has 2 aromatic heterocycles. The average Bonchev–Trinajstić information content (AvgIpc) is 3.18. The molecule has 2 rings (SSSR count). The van der Waals surface area contributed by atoms with Crippen LogP contribution in [0.15, 0.2) is 12.1 Å². The van der Waals surface area contributed by atoms with Crippen LogP contribution >= 0.6 is 0 Å². The van der Waals surface area contributed by atoms with Gasteiger partial charge in [-0.25, -0.2) is 4.79 Å². The van der Waals surface area contributed by atoms with Crippen molar-refractivity contribution in [3.63, 3.8) is 0 Å². The maximum absolute atomic E-state index is 11.1. The molecule has 0 fully saturated rings. The highest BCUT2D eigenvalue weighted by molar-refractivity contribution is 5.91. The van der Waals surface area contributed by atoms with Crippen molar-refractivity contribution in [1.29, 1.82) is 0 Å². The van der Waals surface area contributed by atoms with E-state index in [0.29, 0.717) is 33.8 Å². The Balaban J connectivity index is 0.000000320. The second-order valence-corrected chi connectivity index (χ2v) is 6.01. The van der Waals surface area contributed by atoms with Gasteiger partial charge in [0.25, 0.3) is 5.91 Å². The summed E-state index contributed by atoms with van der Waals surface area (Å²) in [6, 6.07) is 2.67. The molecule has 0 unspecified atom stereocenters. The Bertz CT molecular complexity index is 871. The van der Waals surface area contributed by atoms with Crippen LogP contribution < -0.4 is 5.73 Å². The van der Waals surface area contributed by atoms with Gasteiger partial charge in [-0.2, -0.15) is 10.2 Å². The number of nitrogens with zero attached hydrogens (tertiary/aromatic N) is 6. The zero-order valence-electron chi connectivity index (χ0n) is 21.1. The third-order valence-corrected chi connectivity index (χ3v) is 2.95. The summed E-state index contributed by atoms with van der Waals surface area (Å²) in [5.41, 5.74) is 5.58. The van der Waals surface area contributed by atoms with Crippen LogP contribution in [0.1, 0.15) is 40.6 Å². The van der Waals surface area contributed by atoms with Crippen LogP contribution in [0.4, 0.5) is 0 Å². The van der Waals surface area contributed by atoms with Gasteiger partial charge in [0, 0.05) is 35.3 Å². The third-order valence-electron chi connectivity index (χ3n) is 2.95. The van der Waals surface area contributed by atoms with Crippen molar-refractivity contribution in [3.8, 4) is 0 Å². The number of primary amides is 1. The Kier molecular flexibility index (Phi) is 4.72. The van der Waals surface area contributed by atoms with Crippen LogP contribution in [0.3, 0.4) is 0 Å². The maximum Gasteiger partial charge on any atom is 0.354 e. The van der Waals surface area contributed by atoms with Gasteiger partial charge in [-0.15, -0.1) is 0 Å². The Labute approximate surface area is 161 Å². The van der Waals surface area contributed by atoms with E-state index in [1.807, 2.05) is 19.0 Å². The lowest BCUT2D eigenvalue weighted by Gasteiger charge is -2.04. The molecule has 26 heavy (non-hydrogen) atoms. The van der Waals surface area contributed by atoms with Crippen molar-refractivity contribution in [1.82, 2.24) is 29.4 Å². The fraction of sp³-hybridized carbons (Fsp3) is 0.500. The van der Waals surface area contributed by atoms with Crippen LogP contribution in [-0.4, -0.2) is 74.5 Å². The third kappa shape index (κ3) is 6.30. The molecular formula is C16H27N7O3. The van der Waals surface area contributed by atoms with Crippen molar-refractivity contribution in [2.24, 2.45) is 19.7 Å². The lowest BCUT2D eigenvalue weighted by molar-refractivity contribution is 0.0684. The van der Waals surface area contributed by atoms with E-state index >= 15 is 0 Å². The SMILES string of the molecule is [2H]C([2H])([2H])n1nc(CN(C)C)cc1C(=O)O.[2H]C([2H])([2H])n1nc(CN(C)C)cc1C(N)=O. The van der Waals surface area contributed by atoms with E-state index in [-0.39, 0.29) is 11.4 Å². The number of carbonyl (C=O) groups excluding carboxylic acids is 1. The Morgan fingerprint density at radius 2 is 1.46 bits per heavy atom. The van der Waals surface area contributed by atoms with Crippen LogP contribution in [0.25, 0.3) is 0 Å². The number of amides is 1. The molecule has 3 N–H and O–H groups in total. The van der Waals surface area contributed by atoms with Gasteiger partial charge < -0.3 is 20.6 Å². The van der Waals surface area contributed by atoms with Gasteiger partial charge >= 0.3 is 5.97 Å². The maximum atomic E-state index is 11.1. The fourth-order valence-corrected chi connectivity index (χ4v) is 1.99.